The van der Waals surface area contributed by atoms with Crippen LogP contribution in [0.4, 0.5) is 0 Å². The molecular weight excluding hydrogens is 188 g/mol. The van der Waals surface area contributed by atoms with E-state index in [1.165, 1.54) is 11.1 Å². The van der Waals surface area contributed by atoms with Gasteiger partial charge >= 0.3 is 0 Å². The topological polar surface area (TPSA) is 33.3 Å². The number of fused-ring (bicyclic) bond motifs is 1. The van der Waals surface area contributed by atoms with Crippen molar-refractivity contribution >= 4 is 0 Å². The molecule has 0 spiro atoms. The molecule has 2 heterocycles. The smallest absolute Gasteiger partial charge is 0.0844 e. The Morgan fingerprint density at radius 2 is 2.27 bits per heavy atom. The summed E-state index contributed by atoms with van der Waals surface area (Å²) in [6, 6.07) is 9.10. The number of ether oxygens (including phenoxy) is 1. The third kappa shape index (κ3) is 1.78. The number of rotatable bonds is 2. The molecule has 2 N–H and O–H groups in total. The minimum Gasteiger partial charge on any atom is -0.380 e. The summed E-state index contributed by atoms with van der Waals surface area (Å²) in [5.74, 6) is 0. The predicted molar refractivity (Wildman–Crippen MR) is 58.4 cm³/mol. The summed E-state index contributed by atoms with van der Waals surface area (Å²) in [5, 5.41) is 7.08. The Hall–Kier alpha value is -0.900. The van der Waals surface area contributed by atoms with Gasteiger partial charge in [0.25, 0.3) is 0 Å². The summed E-state index contributed by atoms with van der Waals surface area (Å²) >= 11 is 0. The van der Waals surface area contributed by atoms with E-state index in [2.05, 4.69) is 34.9 Å². The first kappa shape index (κ1) is 9.33. The Balaban J connectivity index is 1.73. The molecule has 1 fully saturated rings. The van der Waals surface area contributed by atoms with Gasteiger partial charge in [0, 0.05) is 19.2 Å². The van der Waals surface area contributed by atoms with E-state index in [-0.39, 0.29) is 0 Å². The van der Waals surface area contributed by atoms with Crippen LogP contribution in [0.2, 0.25) is 0 Å². The first-order chi connectivity index (χ1) is 7.43. The van der Waals surface area contributed by atoms with Crippen LogP contribution in [0, 0.1) is 0 Å². The fraction of sp³-hybridized carbons (Fsp3) is 0.500. The van der Waals surface area contributed by atoms with Crippen molar-refractivity contribution in [2.45, 2.75) is 25.2 Å². The van der Waals surface area contributed by atoms with Crippen molar-refractivity contribution in [2.75, 3.05) is 13.2 Å². The SMILES string of the molecule is c1ccc2c(c1)CNC2NC1CCOC1. The van der Waals surface area contributed by atoms with Crippen molar-refractivity contribution in [1.29, 1.82) is 0 Å². The molecule has 15 heavy (non-hydrogen) atoms. The molecule has 80 valence electrons. The Bertz CT molecular complexity index is 347. The van der Waals surface area contributed by atoms with Crippen LogP contribution in [0.1, 0.15) is 23.7 Å². The van der Waals surface area contributed by atoms with Gasteiger partial charge in [-0.1, -0.05) is 24.3 Å². The number of benzene rings is 1. The lowest BCUT2D eigenvalue weighted by atomic mass is 10.1. The summed E-state index contributed by atoms with van der Waals surface area (Å²) in [6.07, 6.45) is 1.44. The van der Waals surface area contributed by atoms with E-state index in [0.29, 0.717) is 12.2 Å². The zero-order valence-corrected chi connectivity index (χ0v) is 8.70. The molecule has 3 rings (SSSR count). The molecule has 3 heteroatoms. The van der Waals surface area contributed by atoms with Gasteiger partial charge in [0.05, 0.1) is 12.8 Å². The lowest BCUT2D eigenvalue weighted by Crippen LogP contribution is -2.37. The largest absolute Gasteiger partial charge is 0.380 e. The van der Waals surface area contributed by atoms with E-state index in [0.717, 1.165) is 26.2 Å². The highest BCUT2D eigenvalue weighted by molar-refractivity contribution is 5.33. The molecule has 0 radical (unpaired) electrons. The van der Waals surface area contributed by atoms with Crippen molar-refractivity contribution in [3.05, 3.63) is 35.4 Å². The third-order valence-electron chi connectivity index (χ3n) is 3.19. The Kier molecular flexibility index (Phi) is 2.44. The van der Waals surface area contributed by atoms with E-state index >= 15 is 0 Å². The fourth-order valence-electron chi connectivity index (χ4n) is 2.35. The monoisotopic (exact) mass is 204 g/mol. The van der Waals surface area contributed by atoms with Crippen LogP contribution in [0.15, 0.2) is 24.3 Å². The maximum atomic E-state index is 5.37. The van der Waals surface area contributed by atoms with Gasteiger partial charge in [-0.2, -0.15) is 0 Å². The second-order valence-electron chi connectivity index (χ2n) is 4.24. The average molecular weight is 204 g/mol. The minimum atomic E-state index is 0.313. The van der Waals surface area contributed by atoms with Crippen molar-refractivity contribution < 1.29 is 4.74 Å². The fourth-order valence-corrected chi connectivity index (χ4v) is 2.35. The van der Waals surface area contributed by atoms with Gasteiger partial charge in [-0.25, -0.2) is 0 Å². The molecule has 0 bridgehead atoms. The first-order valence-electron chi connectivity index (χ1n) is 5.58. The molecule has 0 saturated carbocycles. The Morgan fingerprint density at radius 3 is 3.13 bits per heavy atom. The van der Waals surface area contributed by atoms with E-state index < -0.39 is 0 Å². The standard InChI is InChI=1S/C12H16N2O/c1-2-4-11-9(3-1)7-13-12(11)14-10-5-6-15-8-10/h1-4,10,12-14H,5-8H2. The van der Waals surface area contributed by atoms with E-state index in [1.807, 2.05) is 0 Å². The summed E-state index contributed by atoms with van der Waals surface area (Å²) in [5.41, 5.74) is 2.80. The molecule has 1 aromatic rings. The highest BCUT2D eigenvalue weighted by Crippen LogP contribution is 2.23. The lowest BCUT2D eigenvalue weighted by molar-refractivity contribution is 0.187. The first-order valence-corrected chi connectivity index (χ1v) is 5.58. The molecule has 1 aromatic carbocycles. The van der Waals surface area contributed by atoms with Crippen LogP contribution in [-0.2, 0) is 11.3 Å². The number of nitrogens with one attached hydrogen (secondary N) is 2. The van der Waals surface area contributed by atoms with Gasteiger partial charge in [-0.05, 0) is 17.5 Å². The van der Waals surface area contributed by atoms with Gasteiger partial charge in [0.1, 0.15) is 0 Å². The summed E-state index contributed by atoms with van der Waals surface area (Å²) < 4.78 is 5.37. The second kappa shape index (κ2) is 3.93. The average Bonchev–Trinajstić information content (AvgIpc) is 2.89. The van der Waals surface area contributed by atoms with Crippen LogP contribution in [-0.4, -0.2) is 19.3 Å². The van der Waals surface area contributed by atoms with Crippen molar-refractivity contribution in [3.8, 4) is 0 Å². The molecule has 0 amide bonds. The van der Waals surface area contributed by atoms with E-state index in [1.54, 1.807) is 0 Å². The number of hydrogen-bond donors (Lipinski definition) is 2. The molecule has 2 unspecified atom stereocenters. The quantitative estimate of drug-likeness (QED) is 0.758. The van der Waals surface area contributed by atoms with Crippen molar-refractivity contribution in [2.24, 2.45) is 0 Å². The van der Waals surface area contributed by atoms with Gasteiger partial charge in [-0.15, -0.1) is 0 Å². The van der Waals surface area contributed by atoms with Crippen LogP contribution < -0.4 is 10.6 Å². The predicted octanol–water partition coefficient (Wildman–Crippen LogP) is 1.17. The second-order valence-corrected chi connectivity index (χ2v) is 4.24. The van der Waals surface area contributed by atoms with Gasteiger partial charge in [0.2, 0.25) is 0 Å². The normalized spacial score (nSPS) is 29.3. The molecule has 0 aromatic heterocycles. The van der Waals surface area contributed by atoms with E-state index in [9.17, 15) is 0 Å². The lowest BCUT2D eigenvalue weighted by Gasteiger charge is -2.18. The van der Waals surface area contributed by atoms with Gasteiger partial charge in [-0.3, -0.25) is 10.6 Å². The Labute approximate surface area is 89.8 Å². The molecule has 2 aliphatic rings. The third-order valence-corrected chi connectivity index (χ3v) is 3.19. The van der Waals surface area contributed by atoms with Crippen molar-refractivity contribution in [1.82, 2.24) is 10.6 Å². The van der Waals surface area contributed by atoms with Gasteiger partial charge in [0.15, 0.2) is 0 Å². The highest BCUT2D eigenvalue weighted by atomic mass is 16.5. The van der Waals surface area contributed by atoms with Gasteiger partial charge < -0.3 is 4.74 Å². The minimum absolute atomic E-state index is 0.313. The van der Waals surface area contributed by atoms with Crippen molar-refractivity contribution in [3.63, 3.8) is 0 Å². The molecule has 1 saturated heterocycles. The molecule has 0 aliphatic carbocycles. The van der Waals surface area contributed by atoms with E-state index in [4.69, 9.17) is 4.74 Å². The van der Waals surface area contributed by atoms with Crippen LogP contribution in [0.3, 0.4) is 0 Å². The molecule has 2 atom stereocenters. The molecule has 2 aliphatic heterocycles. The maximum absolute atomic E-state index is 5.37. The van der Waals surface area contributed by atoms with Crippen LogP contribution >= 0.6 is 0 Å². The van der Waals surface area contributed by atoms with Crippen LogP contribution in [0.25, 0.3) is 0 Å². The van der Waals surface area contributed by atoms with Crippen LogP contribution in [0.5, 0.6) is 0 Å². The Morgan fingerprint density at radius 1 is 1.33 bits per heavy atom. The zero-order chi connectivity index (χ0) is 10.1. The highest BCUT2D eigenvalue weighted by Gasteiger charge is 2.25. The maximum Gasteiger partial charge on any atom is 0.0844 e. The molecular formula is C12H16N2O. The zero-order valence-electron chi connectivity index (χ0n) is 8.70. The number of hydrogen-bond acceptors (Lipinski definition) is 3. The summed E-state index contributed by atoms with van der Waals surface area (Å²) in [7, 11) is 0. The molecule has 3 nitrogen and oxygen atoms in total. The summed E-state index contributed by atoms with van der Waals surface area (Å²) in [4.78, 5) is 0. The summed E-state index contributed by atoms with van der Waals surface area (Å²) in [6.45, 7) is 2.72.